The monoisotopic (exact) mass is 194 g/mol. The third-order valence-electron chi connectivity index (χ3n) is 2.40. The van der Waals surface area contributed by atoms with E-state index in [2.05, 4.69) is 18.9 Å². The average molecular weight is 194 g/mol. The van der Waals surface area contributed by atoms with E-state index in [4.69, 9.17) is 0 Å². The molecule has 0 saturated carbocycles. The first-order chi connectivity index (χ1) is 6.45. The van der Waals surface area contributed by atoms with E-state index in [0.717, 1.165) is 11.1 Å². The topological polar surface area (TPSA) is 34.9 Å². The molecule has 0 unspecified atom stereocenters. The van der Waals surface area contributed by atoms with Gasteiger partial charge in [-0.3, -0.25) is 4.79 Å². The zero-order chi connectivity index (χ0) is 10.9. The fraction of sp³-hybridized carbons (Fsp3) is 0.636. The maximum atomic E-state index is 11.8. The van der Waals surface area contributed by atoms with Crippen molar-refractivity contribution in [3.63, 3.8) is 0 Å². The highest BCUT2D eigenvalue weighted by atomic mass is 16.1. The molecule has 0 N–H and O–H groups in total. The van der Waals surface area contributed by atoms with Gasteiger partial charge >= 0.3 is 0 Å². The summed E-state index contributed by atoms with van der Waals surface area (Å²) in [6.07, 6.45) is 1.81. The van der Waals surface area contributed by atoms with Crippen molar-refractivity contribution < 1.29 is 0 Å². The number of rotatable bonds is 2. The van der Waals surface area contributed by atoms with Crippen molar-refractivity contribution in [1.82, 2.24) is 9.78 Å². The van der Waals surface area contributed by atoms with Gasteiger partial charge in [0.1, 0.15) is 0 Å². The second-order valence-corrected chi connectivity index (χ2v) is 4.25. The predicted octanol–water partition coefficient (Wildman–Crippen LogP) is 2.03. The van der Waals surface area contributed by atoms with Crippen LogP contribution in [0.2, 0.25) is 0 Å². The molecule has 1 aromatic rings. The SMILES string of the molecule is CC(C)c1cnn(C)c(=O)c1C(C)C. The van der Waals surface area contributed by atoms with Crippen LogP contribution >= 0.6 is 0 Å². The van der Waals surface area contributed by atoms with E-state index in [-0.39, 0.29) is 11.5 Å². The van der Waals surface area contributed by atoms with Gasteiger partial charge in [-0.05, 0) is 17.4 Å². The fourth-order valence-electron chi connectivity index (χ4n) is 1.61. The minimum atomic E-state index is 0.0335. The van der Waals surface area contributed by atoms with Crippen LogP contribution in [0, 0.1) is 0 Å². The number of nitrogens with zero attached hydrogens (tertiary/aromatic N) is 2. The van der Waals surface area contributed by atoms with E-state index >= 15 is 0 Å². The lowest BCUT2D eigenvalue weighted by Gasteiger charge is -2.14. The second-order valence-electron chi connectivity index (χ2n) is 4.25. The lowest BCUT2D eigenvalue weighted by molar-refractivity contribution is 0.653. The molecule has 0 aliphatic carbocycles. The molecule has 0 aliphatic rings. The zero-order valence-electron chi connectivity index (χ0n) is 9.53. The molecule has 0 radical (unpaired) electrons. The summed E-state index contributed by atoms with van der Waals surface area (Å²) in [4.78, 5) is 11.8. The van der Waals surface area contributed by atoms with Crippen molar-refractivity contribution in [2.75, 3.05) is 0 Å². The Morgan fingerprint density at radius 1 is 1.21 bits per heavy atom. The van der Waals surface area contributed by atoms with E-state index in [1.54, 1.807) is 13.2 Å². The van der Waals surface area contributed by atoms with Crippen LogP contribution in [0.15, 0.2) is 11.0 Å². The van der Waals surface area contributed by atoms with Crippen molar-refractivity contribution in [2.24, 2.45) is 7.05 Å². The summed E-state index contributed by atoms with van der Waals surface area (Å²) in [6.45, 7) is 8.26. The van der Waals surface area contributed by atoms with Gasteiger partial charge in [-0.15, -0.1) is 0 Å². The van der Waals surface area contributed by atoms with Crippen LogP contribution < -0.4 is 5.56 Å². The summed E-state index contributed by atoms with van der Waals surface area (Å²) in [5.41, 5.74) is 2.01. The van der Waals surface area contributed by atoms with E-state index in [9.17, 15) is 4.79 Å². The largest absolute Gasteiger partial charge is 0.270 e. The van der Waals surface area contributed by atoms with E-state index in [1.165, 1.54) is 4.68 Å². The van der Waals surface area contributed by atoms with Gasteiger partial charge in [0.15, 0.2) is 0 Å². The Bertz CT molecular complexity index is 377. The first-order valence-corrected chi connectivity index (χ1v) is 5.01. The first-order valence-electron chi connectivity index (χ1n) is 5.01. The number of aromatic nitrogens is 2. The molecule has 1 heterocycles. The molecule has 0 atom stereocenters. The molecule has 3 nitrogen and oxygen atoms in total. The Labute approximate surface area is 84.8 Å². The molecule has 0 saturated heterocycles. The van der Waals surface area contributed by atoms with Crippen molar-refractivity contribution in [3.8, 4) is 0 Å². The van der Waals surface area contributed by atoms with Crippen LogP contribution in [0.25, 0.3) is 0 Å². The van der Waals surface area contributed by atoms with Gasteiger partial charge in [0.05, 0.1) is 6.20 Å². The number of hydrogen-bond acceptors (Lipinski definition) is 2. The standard InChI is InChI=1S/C11H18N2O/c1-7(2)9-6-12-13(5)11(14)10(9)8(3)4/h6-8H,1-5H3. The smallest absolute Gasteiger partial charge is 0.267 e. The molecular formula is C11H18N2O. The van der Waals surface area contributed by atoms with E-state index in [0.29, 0.717) is 5.92 Å². The Balaban J connectivity index is 3.46. The molecule has 0 fully saturated rings. The predicted molar refractivity (Wildman–Crippen MR) is 57.7 cm³/mol. The third-order valence-corrected chi connectivity index (χ3v) is 2.40. The molecule has 3 heteroatoms. The molecular weight excluding hydrogens is 176 g/mol. The van der Waals surface area contributed by atoms with Crippen LogP contribution in [0.1, 0.15) is 50.7 Å². The minimum Gasteiger partial charge on any atom is -0.267 e. The maximum Gasteiger partial charge on any atom is 0.270 e. The summed E-state index contributed by atoms with van der Waals surface area (Å²) in [6, 6.07) is 0. The Morgan fingerprint density at radius 2 is 1.79 bits per heavy atom. The summed E-state index contributed by atoms with van der Waals surface area (Å²) in [5.74, 6) is 0.614. The molecule has 0 amide bonds. The third kappa shape index (κ3) is 1.86. The Kier molecular flexibility index (Phi) is 3.09. The molecule has 14 heavy (non-hydrogen) atoms. The molecule has 0 spiro atoms. The van der Waals surface area contributed by atoms with E-state index < -0.39 is 0 Å². The molecule has 0 aliphatic heterocycles. The maximum absolute atomic E-state index is 11.8. The lowest BCUT2D eigenvalue weighted by atomic mass is 9.93. The van der Waals surface area contributed by atoms with E-state index in [1.807, 2.05) is 13.8 Å². The van der Waals surface area contributed by atoms with Gasteiger partial charge in [-0.1, -0.05) is 27.7 Å². The van der Waals surface area contributed by atoms with Crippen molar-refractivity contribution in [2.45, 2.75) is 39.5 Å². The van der Waals surface area contributed by atoms with Gasteiger partial charge in [-0.25, -0.2) is 4.68 Å². The molecule has 0 aromatic carbocycles. The highest BCUT2D eigenvalue weighted by Crippen LogP contribution is 2.21. The number of hydrogen-bond donors (Lipinski definition) is 0. The fourth-order valence-corrected chi connectivity index (χ4v) is 1.61. The second kappa shape index (κ2) is 3.95. The van der Waals surface area contributed by atoms with Crippen LogP contribution in [0.5, 0.6) is 0 Å². The van der Waals surface area contributed by atoms with Gasteiger partial charge in [0.2, 0.25) is 0 Å². The number of aryl methyl sites for hydroxylation is 1. The Morgan fingerprint density at radius 3 is 2.21 bits per heavy atom. The highest BCUT2D eigenvalue weighted by molar-refractivity contribution is 5.27. The zero-order valence-corrected chi connectivity index (χ0v) is 9.53. The molecule has 0 bridgehead atoms. The summed E-state index contributed by atoms with van der Waals surface area (Å²) in [7, 11) is 1.69. The summed E-state index contributed by atoms with van der Waals surface area (Å²) >= 11 is 0. The van der Waals surface area contributed by atoms with Crippen LogP contribution in [0.3, 0.4) is 0 Å². The Hall–Kier alpha value is -1.12. The normalized spacial score (nSPS) is 11.4. The van der Waals surface area contributed by atoms with Gasteiger partial charge in [0.25, 0.3) is 5.56 Å². The molecule has 1 rings (SSSR count). The van der Waals surface area contributed by atoms with Gasteiger partial charge in [0, 0.05) is 12.6 Å². The summed E-state index contributed by atoms with van der Waals surface area (Å²) in [5, 5.41) is 4.05. The average Bonchev–Trinajstić information content (AvgIpc) is 2.08. The highest BCUT2D eigenvalue weighted by Gasteiger charge is 2.15. The van der Waals surface area contributed by atoms with Crippen LogP contribution in [-0.2, 0) is 7.05 Å². The lowest BCUT2D eigenvalue weighted by Crippen LogP contribution is -2.26. The summed E-state index contributed by atoms with van der Waals surface area (Å²) < 4.78 is 1.40. The van der Waals surface area contributed by atoms with Gasteiger partial charge in [-0.2, -0.15) is 5.10 Å². The van der Waals surface area contributed by atoms with Crippen LogP contribution in [-0.4, -0.2) is 9.78 Å². The van der Waals surface area contributed by atoms with Crippen molar-refractivity contribution in [1.29, 1.82) is 0 Å². The molecule has 78 valence electrons. The minimum absolute atomic E-state index is 0.0335. The first kappa shape index (κ1) is 11.0. The quantitative estimate of drug-likeness (QED) is 0.722. The van der Waals surface area contributed by atoms with Crippen molar-refractivity contribution >= 4 is 0 Å². The van der Waals surface area contributed by atoms with Crippen LogP contribution in [0.4, 0.5) is 0 Å². The van der Waals surface area contributed by atoms with Gasteiger partial charge < -0.3 is 0 Å². The molecule has 1 aromatic heterocycles. The van der Waals surface area contributed by atoms with Crippen molar-refractivity contribution in [3.05, 3.63) is 27.7 Å².